The van der Waals surface area contributed by atoms with Gasteiger partial charge in [0.1, 0.15) is 11.2 Å². The second-order valence-corrected chi connectivity index (χ2v) is 14.8. The molecule has 0 aliphatic rings. The number of fused-ring (bicyclic) bond motifs is 9. The lowest BCUT2D eigenvalue weighted by Crippen LogP contribution is -2.10. The molecule has 248 valence electrons. The molecule has 0 atom stereocenters. The van der Waals surface area contributed by atoms with E-state index in [0.29, 0.717) is 0 Å². The van der Waals surface area contributed by atoms with Gasteiger partial charge in [0, 0.05) is 42.3 Å². The van der Waals surface area contributed by atoms with E-state index in [2.05, 4.69) is 193 Å². The van der Waals surface area contributed by atoms with Gasteiger partial charge in [-0.15, -0.1) is 11.3 Å². The Morgan fingerprint density at radius 2 is 1.06 bits per heavy atom. The number of nitrogens with zero attached hydrogens (tertiary/aromatic N) is 1. The molecule has 0 saturated carbocycles. The van der Waals surface area contributed by atoms with Crippen LogP contribution in [0.25, 0.3) is 85.9 Å². The van der Waals surface area contributed by atoms with Crippen molar-refractivity contribution >= 4 is 92.1 Å². The van der Waals surface area contributed by atoms with E-state index in [1.807, 2.05) is 11.3 Å². The molecular formula is C50H31NOS. The molecule has 0 unspecified atom stereocenters. The fourth-order valence-electron chi connectivity index (χ4n) is 8.05. The highest BCUT2D eigenvalue weighted by atomic mass is 32.1. The maximum absolute atomic E-state index is 6.67. The van der Waals surface area contributed by atoms with E-state index in [1.165, 1.54) is 58.6 Å². The highest BCUT2D eigenvalue weighted by Gasteiger charge is 2.21. The second-order valence-electron chi connectivity index (χ2n) is 13.7. The van der Waals surface area contributed by atoms with Crippen LogP contribution in [0.15, 0.2) is 192 Å². The minimum absolute atomic E-state index is 0.873. The summed E-state index contributed by atoms with van der Waals surface area (Å²) in [6.07, 6.45) is 0. The number of rotatable bonds is 5. The predicted molar refractivity (Wildman–Crippen MR) is 227 cm³/mol. The van der Waals surface area contributed by atoms with Crippen molar-refractivity contribution in [1.29, 1.82) is 0 Å². The molecule has 0 bridgehead atoms. The Kier molecular flexibility index (Phi) is 6.76. The summed E-state index contributed by atoms with van der Waals surface area (Å²) in [5.74, 6) is 0. The summed E-state index contributed by atoms with van der Waals surface area (Å²) >= 11 is 1.86. The minimum Gasteiger partial charge on any atom is -0.455 e. The van der Waals surface area contributed by atoms with Crippen LogP contribution in [-0.2, 0) is 0 Å². The third kappa shape index (κ3) is 4.93. The van der Waals surface area contributed by atoms with Crippen molar-refractivity contribution in [3.8, 4) is 22.3 Å². The molecule has 0 radical (unpaired) electrons. The molecule has 0 fully saturated rings. The summed E-state index contributed by atoms with van der Waals surface area (Å²) in [6, 6.07) is 68.1. The van der Waals surface area contributed by atoms with Crippen LogP contribution >= 0.6 is 11.3 Å². The average molecular weight is 694 g/mol. The van der Waals surface area contributed by atoms with Crippen LogP contribution in [0, 0.1) is 0 Å². The fraction of sp³-hybridized carbons (Fsp3) is 0. The number of thiophene rings is 1. The predicted octanol–water partition coefficient (Wildman–Crippen LogP) is 15.1. The number of hydrogen-bond donors (Lipinski definition) is 0. The Bertz CT molecular complexity index is 3190. The Morgan fingerprint density at radius 3 is 1.96 bits per heavy atom. The van der Waals surface area contributed by atoms with E-state index in [-0.39, 0.29) is 0 Å². The first kappa shape index (κ1) is 30.0. The van der Waals surface area contributed by atoms with Gasteiger partial charge in [0.2, 0.25) is 0 Å². The van der Waals surface area contributed by atoms with Gasteiger partial charge in [-0.3, -0.25) is 0 Å². The van der Waals surface area contributed by atoms with E-state index in [4.69, 9.17) is 4.42 Å². The van der Waals surface area contributed by atoms with Crippen LogP contribution in [0.1, 0.15) is 0 Å². The van der Waals surface area contributed by atoms with Crippen molar-refractivity contribution in [2.45, 2.75) is 0 Å². The van der Waals surface area contributed by atoms with Crippen molar-refractivity contribution in [2.24, 2.45) is 0 Å². The van der Waals surface area contributed by atoms with Gasteiger partial charge in [-0.25, -0.2) is 0 Å². The van der Waals surface area contributed by atoms with Gasteiger partial charge in [0.25, 0.3) is 0 Å². The first-order chi connectivity index (χ1) is 26.2. The molecule has 2 heterocycles. The highest BCUT2D eigenvalue weighted by Crippen LogP contribution is 2.45. The monoisotopic (exact) mass is 693 g/mol. The van der Waals surface area contributed by atoms with Gasteiger partial charge in [-0.1, -0.05) is 121 Å². The van der Waals surface area contributed by atoms with Gasteiger partial charge in [-0.05, 0) is 105 Å². The molecule has 9 aromatic carbocycles. The number of hydrogen-bond acceptors (Lipinski definition) is 3. The van der Waals surface area contributed by atoms with Gasteiger partial charge < -0.3 is 9.32 Å². The van der Waals surface area contributed by atoms with Crippen molar-refractivity contribution in [3.05, 3.63) is 188 Å². The van der Waals surface area contributed by atoms with E-state index in [9.17, 15) is 0 Å². The molecule has 0 aliphatic heterocycles. The summed E-state index contributed by atoms with van der Waals surface area (Å²) in [5, 5.41) is 9.61. The second kappa shape index (κ2) is 11.9. The third-order valence-electron chi connectivity index (χ3n) is 10.6. The lowest BCUT2D eigenvalue weighted by molar-refractivity contribution is 0.672. The first-order valence-electron chi connectivity index (χ1n) is 18.0. The molecule has 0 aliphatic carbocycles. The number of benzene rings is 9. The number of furan rings is 1. The van der Waals surface area contributed by atoms with Crippen molar-refractivity contribution in [3.63, 3.8) is 0 Å². The topological polar surface area (TPSA) is 16.4 Å². The summed E-state index contributed by atoms with van der Waals surface area (Å²) in [5.41, 5.74) is 9.79. The van der Waals surface area contributed by atoms with Crippen LogP contribution in [0.4, 0.5) is 17.1 Å². The largest absolute Gasteiger partial charge is 0.455 e. The van der Waals surface area contributed by atoms with Crippen LogP contribution in [0.5, 0.6) is 0 Å². The zero-order valence-corrected chi connectivity index (χ0v) is 29.5. The maximum atomic E-state index is 6.67. The summed E-state index contributed by atoms with van der Waals surface area (Å²) in [6.45, 7) is 0. The van der Waals surface area contributed by atoms with E-state index >= 15 is 0 Å². The lowest BCUT2D eigenvalue weighted by atomic mass is 9.99. The van der Waals surface area contributed by atoms with E-state index in [1.54, 1.807) is 0 Å². The van der Waals surface area contributed by atoms with Gasteiger partial charge >= 0.3 is 0 Å². The summed E-state index contributed by atoms with van der Waals surface area (Å²) in [7, 11) is 0. The SMILES string of the molecule is c1cc(-c2ccc3ccccc3c2)cc(N(c2ccc(-c3ccc4sc5ccccc5c4c3)cc2)c2cccc3oc4c5ccccc5ccc4c23)c1. The molecule has 0 spiro atoms. The van der Waals surface area contributed by atoms with Gasteiger partial charge in [0.05, 0.1) is 11.1 Å². The van der Waals surface area contributed by atoms with Crippen LogP contribution in [0.3, 0.4) is 0 Å². The standard InChI is InChI=1S/C50H31NOS/c1-2-11-35-29-37(20-19-32(35)9-1)36-12-7-13-40(30-36)51(45-16-8-17-46-49(45)43-27-23-34-10-3-4-14-41(34)50(43)52-46)39-25-21-33(22-26-39)38-24-28-48-44(31-38)42-15-5-6-18-47(42)53-48/h1-31H. The minimum atomic E-state index is 0.873. The number of anilines is 3. The van der Waals surface area contributed by atoms with Crippen molar-refractivity contribution in [2.75, 3.05) is 4.90 Å². The lowest BCUT2D eigenvalue weighted by Gasteiger charge is -2.27. The molecular weight excluding hydrogens is 663 g/mol. The van der Waals surface area contributed by atoms with Crippen molar-refractivity contribution in [1.82, 2.24) is 0 Å². The molecule has 2 aromatic heterocycles. The fourth-order valence-corrected chi connectivity index (χ4v) is 9.14. The van der Waals surface area contributed by atoms with Crippen molar-refractivity contribution < 1.29 is 4.42 Å². The molecule has 53 heavy (non-hydrogen) atoms. The van der Waals surface area contributed by atoms with E-state index in [0.717, 1.165) is 44.4 Å². The van der Waals surface area contributed by atoms with E-state index < -0.39 is 0 Å². The molecule has 11 rings (SSSR count). The molecule has 0 N–H and O–H groups in total. The van der Waals surface area contributed by atoms with Crippen LogP contribution in [-0.4, -0.2) is 0 Å². The quantitative estimate of drug-likeness (QED) is 0.178. The van der Waals surface area contributed by atoms with Gasteiger partial charge in [-0.2, -0.15) is 0 Å². The zero-order chi connectivity index (χ0) is 34.9. The molecule has 3 heteroatoms. The Morgan fingerprint density at radius 1 is 0.377 bits per heavy atom. The Labute approximate surface area is 310 Å². The van der Waals surface area contributed by atoms with Crippen LogP contribution < -0.4 is 4.90 Å². The van der Waals surface area contributed by atoms with Crippen LogP contribution in [0.2, 0.25) is 0 Å². The Balaban J connectivity index is 1.09. The molecule has 0 saturated heterocycles. The first-order valence-corrected chi connectivity index (χ1v) is 18.8. The van der Waals surface area contributed by atoms with Gasteiger partial charge in [0.15, 0.2) is 0 Å². The summed E-state index contributed by atoms with van der Waals surface area (Å²) < 4.78 is 9.31. The smallest absolute Gasteiger partial charge is 0.143 e. The normalized spacial score (nSPS) is 11.8. The zero-order valence-electron chi connectivity index (χ0n) is 28.7. The molecule has 11 aromatic rings. The third-order valence-corrected chi connectivity index (χ3v) is 11.8. The highest BCUT2D eigenvalue weighted by molar-refractivity contribution is 7.25. The Hall–Kier alpha value is -6.68. The summed E-state index contributed by atoms with van der Waals surface area (Å²) in [4.78, 5) is 2.39. The maximum Gasteiger partial charge on any atom is 0.143 e. The average Bonchev–Trinajstić information content (AvgIpc) is 3.80. The molecule has 0 amide bonds. The molecule has 2 nitrogen and oxygen atoms in total.